The van der Waals surface area contributed by atoms with E-state index in [2.05, 4.69) is 51.2 Å². The number of hydrogen-bond donors (Lipinski definition) is 2. The van der Waals surface area contributed by atoms with Crippen LogP contribution < -0.4 is 10.6 Å². The number of piperidine rings is 3. The molecule has 3 fully saturated rings. The molecule has 0 spiro atoms. The standard InChI is InChI=1S/C23H46N6/c1-22(2,28-13-7-5-8-14-28)19-25-21(24-3)26-20-23(11-17-27(4)18-12-23)29-15-9-6-10-16-29/h5-20H2,1-4H3,(H2,24,25,26). The first-order valence-electron chi connectivity index (χ1n) is 12.1. The van der Waals surface area contributed by atoms with E-state index >= 15 is 0 Å². The lowest BCUT2D eigenvalue weighted by Gasteiger charge is -2.50. The molecule has 0 atom stereocenters. The number of rotatable bonds is 6. The van der Waals surface area contributed by atoms with Crippen LogP contribution in [0.25, 0.3) is 0 Å². The zero-order valence-corrected chi connectivity index (χ0v) is 19.6. The summed E-state index contributed by atoms with van der Waals surface area (Å²) in [5.74, 6) is 0.963. The van der Waals surface area contributed by atoms with E-state index in [1.165, 1.54) is 90.6 Å². The van der Waals surface area contributed by atoms with Crippen molar-refractivity contribution in [2.75, 3.05) is 66.5 Å². The average Bonchev–Trinajstić information content (AvgIpc) is 2.76. The Balaban J connectivity index is 1.55. The smallest absolute Gasteiger partial charge is 0.191 e. The number of nitrogens with one attached hydrogen (secondary N) is 2. The number of guanidine groups is 1. The van der Waals surface area contributed by atoms with Gasteiger partial charge in [0.05, 0.1) is 0 Å². The van der Waals surface area contributed by atoms with Gasteiger partial charge in [-0.25, -0.2) is 0 Å². The summed E-state index contributed by atoms with van der Waals surface area (Å²) in [5, 5.41) is 7.37. The van der Waals surface area contributed by atoms with Crippen LogP contribution >= 0.6 is 0 Å². The highest BCUT2D eigenvalue weighted by molar-refractivity contribution is 5.79. The van der Waals surface area contributed by atoms with Gasteiger partial charge >= 0.3 is 0 Å². The van der Waals surface area contributed by atoms with Crippen LogP contribution in [0.5, 0.6) is 0 Å². The maximum atomic E-state index is 4.56. The molecule has 0 aromatic carbocycles. The Hall–Kier alpha value is -0.850. The highest BCUT2D eigenvalue weighted by Crippen LogP contribution is 2.30. The normalized spacial score (nSPS) is 25.7. The molecule has 3 rings (SSSR count). The van der Waals surface area contributed by atoms with Crippen LogP contribution in [0.2, 0.25) is 0 Å². The second-order valence-corrected chi connectivity index (χ2v) is 10.2. The van der Waals surface area contributed by atoms with Crippen LogP contribution in [0.3, 0.4) is 0 Å². The summed E-state index contributed by atoms with van der Waals surface area (Å²) in [6.45, 7) is 14.1. The Kier molecular flexibility index (Phi) is 8.23. The summed E-state index contributed by atoms with van der Waals surface area (Å²) >= 11 is 0. The summed E-state index contributed by atoms with van der Waals surface area (Å²) in [6, 6.07) is 0. The molecule has 3 aliphatic heterocycles. The van der Waals surface area contributed by atoms with Crippen LogP contribution in [0, 0.1) is 0 Å². The molecule has 3 heterocycles. The number of nitrogens with zero attached hydrogens (tertiary/aromatic N) is 4. The highest BCUT2D eigenvalue weighted by atomic mass is 15.3. The van der Waals surface area contributed by atoms with Gasteiger partial charge in [0, 0.05) is 31.2 Å². The van der Waals surface area contributed by atoms with E-state index in [0.717, 1.165) is 19.0 Å². The average molecular weight is 407 g/mol. The molecule has 0 saturated carbocycles. The van der Waals surface area contributed by atoms with Gasteiger partial charge in [-0.05, 0) is 98.7 Å². The van der Waals surface area contributed by atoms with Crippen LogP contribution in [0.4, 0.5) is 0 Å². The van der Waals surface area contributed by atoms with Gasteiger partial charge < -0.3 is 15.5 Å². The van der Waals surface area contributed by atoms with E-state index in [-0.39, 0.29) is 11.1 Å². The molecule has 29 heavy (non-hydrogen) atoms. The molecule has 0 bridgehead atoms. The Morgan fingerprint density at radius 2 is 1.45 bits per heavy atom. The van der Waals surface area contributed by atoms with Crippen LogP contribution in [0.1, 0.15) is 65.2 Å². The fourth-order valence-electron chi connectivity index (χ4n) is 5.39. The van der Waals surface area contributed by atoms with Crippen LogP contribution in [-0.4, -0.2) is 98.2 Å². The van der Waals surface area contributed by atoms with E-state index in [1.807, 2.05) is 7.05 Å². The van der Waals surface area contributed by atoms with Crippen molar-refractivity contribution < 1.29 is 0 Å². The van der Waals surface area contributed by atoms with E-state index in [4.69, 9.17) is 0 Å². The molecule has 0 aliphatic carbocycles. The molecule has 0 radical (unpaired) electrons. The van der Waals surface area contributed by atoms with Gasteiger partial charge in [0.15, 0.2) is 5.96 Å². The lowest BCUT2D eigenvalue weighted by Crippen LogP contribution is -2.62. The van der Waals surface area contributed by atoms with Crippen molar-refractivity contribution in [1.82, 2.24) is 25.3 Å². The molecule has 0 unspecified atom stereocenters. The number of hydrogen-bond acceptors (Lipinski definition) is 4. The first-order chi connectivity index (χ1) is 14.0. The van der Waals surface area contributed by atoms with Crippen LogP contribution in [0.15, 0.2) is 4.99 Å². The molecule has 0 amide bonds. The summed E-state index contributed by atoms with van der Waals surface area (Å²) in [5.41, 5.74) is 0.448. The van der Waals surface area contributed by atoms with Crippen molar-refractivity contribution in [2.24, 2.45) is 4.99 Å². The van der Waals surface area contributed by atoms with Crippen molar-refractivity contribution >= 4 is 5.96 Å². The molecular weight excluding hydrogens is 360 g/mol. The van der Waals surface area contributed by atoms with Crippen molar-refractivity contribution in [3.05, 3.63) is 0 Å². The minimum absolute atomic E-state index is 0.163. The van der Waals surface area contributed by atoms with Gasteiger partial charge in [-0.1, -0.05) is 12.8 Å². The van der Waals surface area contributed by atoms with Gasteiger partial charge in [0.1, 0.15) is 0 Å². The summed E-state index contributed by atoms with van der Waals surface area (Å²) < 4.78 is 0. The van der Waals surface area contributed by atoms with Crippen LogP contribution in [-0.2, 0) is 0 Å². The predicted octanol–water partition coefficient (Wildman–Crippen LogP) is 2.37. The maximum Gasteiger partial charge on any atom is 0.191 e. The molecule has 3 saturated heterocycles. The minimum Gasteiger partial charge on any atom is -0.355 e. The molecule has 3 aliphatic rings. The molecule has 2 N–H and O–H groups in total. The van der Waals surface area contributed by atoms with Gasteiger partial charge in [-0.3, -0.25) is 14.8 Å². The quantitative estimate of drug-likeness (QED) is 0.524. The summed E-state index contributed by atoms with van der Waals surface area (Å²) in [7, 11) is 4.17. The second kappa shape index (κ2) is 10.5. The van der Waals surface area contributed by atoms with Gasteiger partial charge in [-0.15, -0.1) is 0 Å². The van der Waals surface area contributed by atoms with E-state index in [1.54, 1.807) is 0 Å². The number of likely N-dealkylation sites (tertiary alicyclic amines) is 3. The Morgan fingerprint density at radius 3 is 2.03 bits per heavy atom. The Labute approximate surface area is 179 Å². The fourth-order valence-corrected chi connectivity index (χ4v) is 5.39. The molecule has 168 valence electrons. The largest absolute Gasteiger partial charge is 0.355 e. The number of aliphatic imine (C=N–C) groups is 1. The van der Waals surface area contributed by atoms with E-state index < -0.39 is 0 Å². The molecule has 0 aromatic heterocycles. The van der Waals surface area contributed by atoms with Crippen molar-refractivity contribution in [1.29, 1.82) is 0 Å². The third-order valence-corrected chi connectivity index (χ3v) is 7.65. The third kappa shape index (κ3) is 6.08. The van der Waals surface area contributed by atoms with Crippen molar-refractivity contribution in [2.45, 2.75) is 76.3 Å². The van der Waals surface area contributed by atoms with Gasteiger partial charge in [0.25, 0.3) is 0 Å². The highest BCUT2D eigenvalue weighted by Gasteiger charge is 2.39. The lowest BCUT2D eigenvalue weighted by molar-refractivity contribution is 0.0172. The van der Waals surface area contributed by atoms with Gasteiger partial charge in [-0.2, -0.15) is 0 Å². The fraction of sp³-hybridized carbons (Fsp3) is 0.957. The Morgan fingerprint density at radius 1 is 0.862 bits per heavy atom. The zero-order valence-electron chi connectivity index (χ0n) is 19.6. The van der Waals surface area contributed by atoms with Crippen molar-refractivity contribution in [3.63, 3.8) is 0 Å². The summed E-state index contributed by atoms with van der Waals surface area (Å²) in [4.78, 5) is 12.5. The molecular formula is C23H46N6. The zero-order chi connectivity index (χ0) is 20.7. The van der Waals surface area contributed by atoms with E-state index in [9.17, 15) is 0 Å². The van der Waals surface area contributed by atoms with Crippen molar-refractivity contribution in [3.8, 4) is 0 Å². The summed E-state index contributed by atoms with van der Waals surface area (Å²) in [6.07, 6.45) is 10.7. The van der Waals surface area contributed by atoms with E-state index in [0.29, 0.717) is 0 Å². The molecule has 6 nitrogen and oxygen atoms in total. The first kappa shape index (κ1) is 22.8. The molecule has 6 heteroatoms. The predicted molar refractivity (Wildman–Crippen MR) is 124 cm³/mol. The maximum absolute atomic E-state index is 4.56. The third-order valence-electron chi connectivity index (χ3n) is 7.65. The Bertz CT molecular complexity index is 511. The minimum atomic E-state index is 0.163. The first-order valence-corrected chi connectivity index (χ1v) is 12.1. The topological polar surface area (TPSA) is 46.1 Å². The second-order valence-electron chi connectivity index (χ2n) is 10.2. The monoisotopic (exact) mass is 406 g/mol. The van der Waals surface area contributed by atoms with Gasteiger partial charge in [0.2, 0.25) is 0 Å². The SMILES string of the molecule is CN=C(NCC(C)(C)N1CCCCC1)NCC1(N2CCCCC2)CCN(C)CC1. The lowest BCUT2D eigenvalue weighted by atomic mass is 9.84. The molecule has 0 aromatic rings.